The van der Waals surface area contributed by atoms with Gasteiger partial charge in [0.2, 0.25) is 0 Å². The maximum Gasteiger partial charge on any atom is 0.164 e. The Labute approximate surface area is 61.6 Å². The van der Waals surface area contributed by atoms with Crippen LogP contribution in [0.15, 0.2) is 0 Å². The van der Waals surface area contributed by atoms with Crippen molar-refractivity contribution in [2.24, 2.45) is 0 Å². The van der Waals surface area contributed by atoms with E-state index in [0.717, 1.165) is 0 Å². The van der Waals surface area contributed by atoms with Gasteiger partial charge in [-0.3, -0.25) is 0 Å². The fraction of sp³-hybridized carbons (Fsp3) is 1.00. The monoisotopic (exact) mass is 202 g/mol. The summed E-state index contributed by atoms with van der Waals surface area (Å²) in [6.45, 7) is 3.81. The lowest BCUT2D eigenvalue weighted by molar-refractivity contribution is 0.964. The molecule has 0 saturated carbocycles. The summed E-state index contributed by atoms with van der Waals surface area (Å²) in [6.07, 6.45) is 0. The summed E-state index contributed by atoms with van der Waals surface area (Å²) >= 11 is 2.10. The number of hydrogen-bond donors (Lipinski definition) is 0. The molecule has 34 valence electrons. The van der Waals surface area contributed by atoms with Crippen LogP contribution in [0.5, 0.6) is 0 Å². The molecule has 0 amide bonds. The van der Waals surface area contributed by atoms with Crippen LogP contribution in [0.25, 0.3) is 0 Å². The van der Waals surface area contributed by atoms with Crippen LogP contribution in [0.2, 0.25) is 5.21 Å². The van der Waals surface area contributed by atoms with Crippen molar-refractivity contribution in [3.05, 3.63) is 0 Å². The highest BCUT2D eigenvalue weighted by Crippen LogP contribution is 2.23. The summed E-state index contributed by atoms with van der Waals surface area (Å²) in [4.78, 5) is 0. The highest BCUT2D eigenvalue weighted by atomic mass is 127. The highest BCUT2D eigenvalue weighted by Gasteiger charge is 2.18. The summed E-state index contributed by atoms with van der Waals surface area (Å²) in [5.41, 5.74) is 0. The second-order valence-corrected chi connectivity index (χ2v) is 3.57. The summed E-state index contributed by atoms with van der Waals surface area (Å²) in [7, 11) is 11.0. The molecule has 0 nitrogen and oxygen atoms in total. The van der Waals surface area contributed by atoms with Gasteiger partial charge in [-0.2, -0.15) is 22.4 Å². The van der Waals surface area contributed by atoms with Crippen LogP contribution in [0.4, 0.5) is 0 Å². The fourth-order valence-corrected chi connectivity index (χ4v) is 0. The topological polar surface area (TPSA) is 0 Å². The van der Waals surface area contributed by atoms with Gasteiger partial charge in [-0.15, -0.1) is 0 Å². The van der Waals surface area contributed by atoms with E-state index in [0.29, 0.717) is 0 Å². The third-order valence-corrected chi connectivity index (χ3v) is 2.32. The van der Waals surface area contributed by atoms with Gasteiger partial charge in [-0.1, -0.05) is 19.1 Å². The summed E-state index contributed by atoms with van der Waals surface area (Å²) in [5, 5.41) is -0.236. The van der Waals surface area contributed by atoms with E-state index < -0.39 is 0 Å². The summed E-state index contributed by atoms with van der Waals surface area (Å²) in [5.74, 6) is 0. The zero-order valence-electron chi connectivity index (χ0n) is 4.61. The lowest BCUT2D eigenvalue weighted by Gasteiger charge is -2.19. The van der Waals surface area contributed by atoms with E-state index in [1.165, 1.54) is 0 Å². The van der Waals surface area contributed by atoms with Crippen molar-refractivity contribution >= 4 is 42.4 Å². The van der Waals surface area contributed by atoms with E-state index in [9.17, 15) is 0 Å². The van der Waals surface area contributed by atoms with E-state index >= 15 is 0 Å². The first kappa shape index (κ1) is 7.92. The lowest BCUT2D eigenvalue weighted by Crippen LogP contribution is -2.21. The Hall–Kier alpha value is 0.925. The summed E-state index contributed by atoms with van der Waals surface area (Å²) in [6, 6.07) is 0. The van der Waals surface area contributed by atoms with Crippen LogP contribution < -0.4 is 0 Å². The third-order valence-electron chi connectivity index (χ3n) is 0.711. The van der Waals surface area contributed by atoms with Crippen LogP contribution >= 0.6 is 22.4 Å². The molecule has 0 saturated heterocycles. The molecule has 0 bridgehead atoms. The van der Waals surface area contributed by atoms with Gasteiger partial charge in [0.15, 0.2) is 4.46 Å². The summed E-state index contributed by atoms with van der Waals surface area (Å²) < 4.78 is 0.0464. The fourth-order valence-electron chi connectivity index (χ4n) is 0. The largest absolute Gasteiger partial charge is 0.164 e. The molecule has 0 aromatic rings. The zero-order valence-corrected chi connectivity index (χ0v) is 6.77. The van der Waals surface area contributed by atoms with Crippen LogP contribution in [0, 0.1) is 0 Å². The predicted molar refractivity (Wildman–Crippen MR) is 45.3 cm³/mol. The van der Waals surface area contributed by atoms with Crippen molar-refractivity contribution in [3.63, 3.8) is 0 Å². The molecule has 0 aliphatic rings. The normalized spacial score (nSPS) is 11.3. The average molecular weight is 201 g/mol. The Morgan fingerprint density at radius 2 is 1.71 bits per heavy atom. The van der Waals surface area contributed by atoms with Gasteiger partial charge >= 0.3 is 0 Å². The first-order valence-corrected chi connectivity index (χ1v) is 3.37. The maximum absolute atomic E-state index is 5.55. The van der Waals surface area contributed by atoms with Gasteiger partial charge in [-0.25, -0.2) is 0 Å². The molecule has 0 aliphatic heterocycles. The van der Waals surface area contributed by atoms with Crippen LogP contribution in [0.3, 0.4) is 0 Å². The van der Waals surface area contributed by atoms with E-state index in [1.54, 1.807) is 0 Å². The van der Waals surface area contributed by atoms with Crippen LogP contribution in [-0.2, 0) is 0 Å². The molecule has 0 aliphatic carbocycles. The molecule has 4 heteroatoms. The minimum atomic E-state index is -0.236. The molecular formula is C3H6B3I. The van der Waals surface area contributed by atoms with Gasteiger partial charge in [0, 0.05) is 7.74 Å². The molecule has 0 rings (SSSR count). The predicted octanol–water partition coefficient (Wildman–Crippen LogP) is 0.984. The molecule has 0 aromatic carbocycles. The second-order valence-electron chi connectivity index (χ2n) is 2.22. The molecular weight excluding hydrogens is 195 g/mol. The van der Waals surface area contributed by atoms with Crippen LogP contribution in [0.1, 0.15) is 13.8 Å². The van der Waals surface area contributed by atoms with E-state index in [-0.39, 0.29) is 9.67 Å². The van der Waals surface area contributed by atoms with Gasteiger partial charge in [0.05, 0.1) is 7.85 Å². The van der Waals surface area contributed by atoms with E-state index in [1.807, 2.05) is 13.8 Å². The molecule has 0 fully saturated rings. The molecule has 0 atom stereocenters. The Bertz CT molecular complexity index is 55.7. The van der Waals surface area contributed by atoms with E-state index in [2.05, 4.69) is 22.4 Å². The van der Waals surface area contributed by atoms with Crippen molar-refractivity contribution in [1.29, 1.82) is 0 Å². The van der Waals surface area contributed by atoms with Crippen molar-refractivity contribution in [3.8, 4) is 0 Å². The Morgan fingerprint density at radius 1 is 1.57 bits per heavy atom. The van der Waals surface area contributed by atoms with Crippen LogP contribution in [-0.4, -0.2) is 20.0 Å². The molecule has 0 unspecified atom stereocenters. The Kier molecular flexibility index (Phi) is 2.79. The first-order valence-electron chi connectivity index (χ1n) is 2.13. The molecule has 0 N–H and O–H groups in total. The number of rotatable bonds is 1. The highest BCUT2D eigenvalue weighted by molar-refractivity contribution is 14.1. The van der Waals surface area contributed by atoms with Crippen molar-refractivity contribution < 1.29 is 0 Å². The number of hydrogen-bond acceptors (Lipinski definition) is 0. The second kappa shape index (κ2) is 2.47. The van der Waals surface area contributed by atoms with E-state index in [4.69, 9.17) is 15.6 Å². The lowest BCUT2D eigenvalue weighted by atomic mass is 9.33. The number of halogens is 1. The molecule has 0 heterocycles. The molecule has 7 heavy (non-hydrogen) atoms. The van der Waals surface area contributed by atoms with Crippen molar-refractivity contribution in [2.45, 2.75) is 19.1 Å². The van der Waals surface area contributed by atoms with Crippen molar-refractivity contribution in [1.82, 2.24) is 0 Å². The average Bonchev–Trinajstić information content (AvgIpc) is 1.31. The third kappa shape index (κ3) is 3.50. The van der Waals surface area contributed by atoms with Gasteiger partial charge in [-0.05, 0) is 0 Å². The quantitative estimate of drug-likeness (QED) is 0.438. The minimum absolute atomic E-state index is 0.0464. The maximum atomic E-state index is 5.55. The molecule has 4 radical (unpaired) electrons. The SMILES string of the molecule is [B]B(I)C([B])(C)C. The smallest absolute Gasteiger partial charge is 0.162 e. The zero-order chi connectivity index (χ0) is 6.08. The van der Waals surface area contributed by atoms with Gasteiger partial charge in [0.1, 0.15) is 0 Å². The Morgan fingerprint density at radius 3 is 1.71 bits per heavy atom. The molecule has 0 spiro atoms. The Balaban J connectivity index is 3.54. The van der Waals surface area contributed by atoms with Gasteiger partial charge < -0.3 is 0 Å². The first-order chi connectivity index (χ1) is 2.94. The minimum Gasteiger partial charge on any atom is -0.162 e. The van der Waals surface area contributed by atoms with Gasteiger partial charge in [0.25, 0.3) is 0 Å². The standard InChI is InChI=1S/C3H6B3I/c1-3(2,4)6(5)7/h1-2H3. The van der Waals surface area contributed by atoms with Crippen molar-refractivity contribution in [2.75, 3.05) is 0 Å². The molecule has 0 aromatic heterocycles.